The SMILES string of the molecule is CCC(=O)N[C@@H](O)NCc1ccc(OCc2cccc(C)c2)cc1. The van der Waals surface area contributed by atoms with Crippen LogP contribution in [0.5, 0.6) is 5.75 Å². The number of aliphatic hydroxyl groups is 1. The summed E-state index contributed by atoms with van der Waals surface area (Å²) < 4.78 is 5.77. The number of rotatable bonds is 8. The highest BCUT2D eigenvalue weighted by atomic mass is 16.5. The molecule has 0 saturated carbocycles. The third-order valence-corrected chi connectivity index (χ3v) is 3.53. The summed E-state index contributed by atoms with van der Waals surface area (Å²) in [4.78, 5) is 11.2. The summed E-state index contributed by atoms with van der Waals surface area (Å²) in [7, 11) is 0. The molecule has 3 N–H and O–H groups in total. The maximum Gasteiger partial charge on any atom is 0.222 e. The van der Waals surface area contributed by atoms with E-state index in [-0.39, 0.29) is 5.91 Å². The van der Waals surface area contributed by atoms with Gasteiger partial charge in [-0.25, -0.2) is 0 Å². The summed E-state index contributed by atoms with van der Waals surface area (Å²) in [5, 5.41) is 14.9. The van der Waals surface area contributed by atoms with Crippen molar-refractivity contribution >= 4 is 5.91 Å². The second kappa shape index (κ2) is 9.05. The molecule has 2 aromatic rings. The van der Waals surface area contributed by atoms with Crippen LogP contribution in [0.4, 0.5) is 0 Å². The largest absolute Gasteiger partial charge is 0.489 e. The maximum absolute atomic E-state index is 11.2. The van der Waals surface area contributed by atoms with E-state index in [0.717, 1.165) is 16.9 Å². The highest BCUT2D eigenvalue weighted by Crippen LogP contribution is 2.14. The van der Waals surface area contributed by atoms with Gasteiger partial charge in [0.15, 0.2) is 6.35 Å². The molecule has 0 unspecified atom stereocenters. The van der Waals surface area contributed by atoms with Crippen LogP contribution >= 0.6 is 0 Å². The van der Waals surface area contributed by atoms with E-state index in [2.05, 4.69) is 29.7 Å². The van der Waals surface area contributed by atoms with Crippen LogP contribution < -0.4 is 15.4 Å². The molecule has 0 radical (unpaired) electrons. The lowest BCUT2D eigenvalue weighted by Gasteiger charge is -2.14. The Hall–Kier alpha value is -2.37. The van der Waals surface area contributed by atoms with Crippen molar-refractivity contribution in [3.8, 4) is 5.75 Å². The minimum atomic E-state index is -1.05. The number of nitrogens with one attached hydrogen (secondary N) is 2. The molecule has 0 aliphatic rings. The van der Waals surface area contributed by atoms with Gasteiger partial charge in [-0.05, 0) is 30.2 Å². The van der Waals surface area contributed by atoms with Crippen LogP contribution in [0.1, 0.15) is 30.0 Å². The zero-order valence-corrected chi connectivity index (χ0v) is 14.1. The Morgan fingerprint density at radius 2 is 1.92 bits per heavy atom. The average molecular weight is 328 g/mol. The van der Waals surface area contributed by atoms with E-state index in [9.17, 15) is 9.90 Å². The first-order valence-electron chi connectivity index (χ1n) is 8.05. The van der Waals surface area contributed by atoms with Crippen molar-refractivity contribution < 1.29 is 14.6 Å². The van der Waals surface area contributed by atoms with Crippen molar-refractivity contribution in [1.82, 2.24) is 10.6 Å². The van der Waals surface area contributed by atoms with Crippen molar-refractivity contribution in [3.63, 3.8) is 0 Å². The summed E-state index contributed by atoms with van der Waals surface area (Å²) in [6.07, 6.45) is -0.708. The highest BCUT2D eigenvalue weighted by Gasteiger charge is 2.06. The summed E-state index contributed by atoms with van der Waals surface area (Å²) in [5.41, 5.74) is 3.34. The fourth-order valence-corrected chi connectivity index (χ4v) is 2.19. The molecule has 0 heterocycles. The Morgan fingerprint density at radius 1 is 1.17 bits per heavy atom. The molecule has 0 aliphatic heterocycles. The number of hydrogen-bond acceptors (Lipinski definition) is 4. The maximum atomic E-state index is 11.2. The molecule has 0 bridgehead atoms. The zero-order valence-electron chi connectivity index (χ0n) is 14.1. The van der Waals surface area contributed by atoms with Crippen LogP contribution in [-0.2, 0) is 17.9 Å². The summed E-state index contributed by atoms with van der Waals surface area (Å²) >= 11 is 0. The number of aliphatic hydroxyl groups excluding tert-OH is 1. The molecule has 2 rings (SSSR count). The van der Waals surface area contributed by atoms with Crippen LogP contribution in [0, 0.1) is 6.92 Å². The Bertz CT molecular complexity index is 656. The summed E-state index contributed by atoms with van der Waals surface area (Å²) in [6.45, 7) is 4.77. The zero-order chi connectivity index (χ0) is 17.4. The van der Waals surface area contributed by atoms with Gasteiger partial charge in [-0.1, -0.05) is 48.9 Å². The molecule has 1 atom stereocenters. The Morgan fingerprint density at radius 3 is 2.58 bits per heavy atom. The van der Waals surface area contributed by atoms with Crippen molar-refractivity contribution in [1.29, 1.82) is 0 Å². The average Bonchev–Trinajstić information content (AvgIpc) is 2.59. The third-order valence-electron chi connectivity index (χ3n) is 3.53. The summed E-state index contributed by atoms with van der Waals surface area (Å²) in [6, 6.07) is 15.9. The lowest BCUT2D eigenvalue weighted by Crippen LogP contribution is -2.44. The monoisotopic (exact) mass is 328 g/mol. The van der Waals surface area contributed by atoms with Crippen molar-refractivity contribution in [2.75, 3.05) is 0 Å². The van der Waals surface area contributed by atoms with E-state index in [1.165, 1.54) is 5.56 Å². The van der Waals surface area contributed by atoms with E-state index < -0.39 is 6.35 Å². The molecule has 0 aromatic heterocycles. The second-order valence-corrected chi connectivity index (χ2v) is 5.63. The van der Waals surface area contributed by atoms with Gasteiger partial charge < -0.3 is 15.2 Å². The van der Waals surface area contributed by atoms with Gasteiger partial charge in [0.2, 0.25) is 5.91 Å². The normalized spacial score (nSPS) is 11.8. The first-order chi connectivity index (χ1) is 11.6. The van der Waals surface area contributed by atoms with Crippen molar-refractivity contribution in [3.05, 3.63) is 65.2 Å². The van der Waals surface area contributed by atoms with Crippen molar-refractivity contribution in [2.24, 2.45) is 0 Å². The minimum absolute atomic E-state index is 0.199. The predicted octanol–water partition coefficient (Wildman–Crippen LogP) is 2.47. The first kappa shape index (κ1) is 18.0. The number of amides is 1. The Labute approximate surface area is 142 Å². The van der Waals surface area contributed by atoms with E-state index in [4.69, 9.17) is 4.74 Å². The van der Waals surface area contributed by atoms with E-state index >= 15 is 0 Å². The van der Waals surface area contributed by atoms with Gasteiger partial charge in [0.05, 0.1) is 0 Å². The molecular weight excluding hydrogens is 304 g/mol. The smallest absolute Gasteiger partial charge is 0.222 e. The van der Waals surface area contributed by atoms with Crippen LogP contribution in [0.3, 0.4) is 0 Å². The quantitative estimate of drug-likeness (QED) is 0.651. The fraction of sp³-hybridized carbons (Fsp3) is 0.316. The minimum Gasteiger partial charge on any atom is -0.489 e. The number of aryl methyl sites for hydroxylation is 1. The van der Waals surface area contributed by atoms with Crippen LogP contribution in [0.15, 0.2) is 48.5 Å². The van der Waals surface area contributed by atoms with Crippen LogP contribution in [-0.4, -0.2) is 17.4 Å². The molecule has 24 heavy (non-hydrogen) atoms. The van der Waals surface area contributed by atoms with Crippen molar-refractivity contribution in [2.45, 2.75) is 39.8 Å². The fourth-order valence-electron chi connectivity index (χ4n) is 2.19. The predicted molar refractivity (Wildman–Crippen MR) is 93.2 cm³/mol. The first-order valence-corrected chi connectivity index (χ1v) is 8.05. The molecular formula is C19H24N2O3. The molecule has 0 aliphatic carbocycles. The second-order valence-electron chi connectivity index (χ2n) is 5.63. The molecule has 128 valence electrons. The lowest BCUT2D eigenvalue weighted by atomic mass is 10.1. The Kier molecular flexibility index (Phi) is 6.78. The number of carbonyl (C=O) groups is 1. The van der Waals surface area contributed by atoms with Gasteiger partial charge in [0, 0.05) is 13.0 Å². The van der Waals surface area contributed by atoms with Gasteiger partial charge in [0.1, 0.15) is 12.4 Å². The number of carbonyl (C=O) groups excluding carboxylic acids is 1. The highest BCUT2D eigenvalue weighted by molar-refractivity contribution is 5.75. The van der Waals surface area contributed by atoms with Gasteiger partial charge in [-0.3, -0.25) is 10.1 Å². The molecule has 0 fully saturated rings. The standard InChI is InChI=1S/C19H24N2O3/c1-3-18(22)21-19(23)20-12-15-7-9-17(10-8-15)24-13-16-6-4-5-14(2)11-16/h4-11,19-20,23H,3,12-13H2,1-2H3,(H,21,22)/t19-/m0/s1. The topological polar surface area (TPSA) is 70.6 Å². The van der Waals surface area contributed by atoms with Crippen LogP contribution in [0.2, 0.25) is 0 Å². The van der Waals surface area contributed by atoms with E-state index in [0.29, 0.717) is 19.6 Å². The van der Waals surface area contributed by atoms with E-state index in [1.54, 1.807) is 6.92 Å². The van der Waals surface area contributed by atoms with Gasteiger partial charge in [-0.15, -0.1) is 0 Å². The summed E-state index contributed by atoms with van der Waals surface area (Å²) in [5.74, 6) is 0.593. The van der Waals surface area contributed by atoms with Gasteiger partial charge >= 0.3 is 0 Å². The molecule has 1 amide bonds. The number of ether oxygens (including phenoxy) is 1. The van der Waals surface area contributed by atoms with Gasteiger partial charge in [-0.2, -0.15) is 0 Å². The number of benzene rings is 2. The lowest BCUT2D eigenvalue weighted by molar-refractivity contribution is -0.124. The molecule has 0 saturated heterocycles. The Balaban J connectivity index is 1.79. The van der Waals surface area contributed by atoms with E-state index in [1.807, 2.05) is 36.4 Å². The molecule has 2 aromatic carbocycles. The number of hydrogen-bond donors (Lipinski definition) is 3. The van der Waals surface area contributed by atoms with Gasteiger partial charge in [0.25, 0.3) is 0 Å². The molecule has 5 heteroatoms. The third kappa shape index (κ3) is 6.02. The van der Waals surface area contributed by atoms with Crippen LogP contribution in [0.25, 0.3) is 0 Å². The molecule has 0 spiro atoms. The molecule has 5 nitrogen and oxygen atoms in total.